The summed E-state index contributed by atoms with van der Waals surface area (Å²) < 4.78 is 14.6. The van der Waals surface area contributed by atoms with Crippen LogP contribution < -0.4 is 0 Å². The molecule has 0 aliphatic carbocycles. The zero-order valence-electron chi connectivity index (χ0n) is 82.0. The molecule has 0 aliphatic heterocycles. The average molecular weight is 1910 g/mol. The number of aromatic nitrogens is 7. The highest BCUT2D eigenvalue weighted by Crippen LogP contribution is 2.48. The Hall–Kier alpha value is -20.0. The van der Waals surface area contributed by atoms with Crippen molar-refractivity contribution in [3.8, 4) is 135 Å². The van der Waals surface area contributed by atoms with Gasteiger partial charge in [-0.15, -0.1) is 0 Å². The number of hydrogen-bond acceptors (Lipinski definition) is 1. The molecule has 150 heavy (non-hydrogen) atoms. The molecule has 30 rings (SSSR count). The fourth-order valence-corrected chi connectivity index (χ4v) is 23.1. The van der Waals surface area contributed by atoms with Crippen LogP contribution in [-0.4, -0.2) is 32.4 Å². The van der Waals surface area contributed by atoms with Crippen molar-refractivity contribution >= 4 is 131 Å². The molecule has 7 heterocycles. The molecule has 23 aromatic carbocycles. The molecule has 0 fully saturated rings. The lowest BCUT2D eigenvalue weighted by atomic mass is 9.98. The number of hydrogen-bond donors (Lipinski definition) is 0. The Balaban J connectivity index is 0.000000109. The maximum Gasteiger partial charge on any atom is 0.138 e. The molecule has 7 aromatic heterocycles. The highest BCUT2D eigenvalue weighted by Gasteiger charge is 2.27. The minimum atomic E-state index is 0.905. The molecule has 7 heteroatoms. The standard InChI is InChI=1S/C54H36N2.C48H32N2.C41H27N3/c1-5-17-37(18-6-1)41-29-42(38-19-7-2-8-20-38)32-45(31-41)55-51-27-15-13-25-47(51)49-36-54-50(35-53(49)55)48-26-14-16-28-52(48)56(54)46-33-43(39-21-9-3-10-22-39)30-44(34-46)40-23-11-4-12-24-40;1-4-14-33(15-5-1)36-24-26-39(27-25-36)49-45-22-12-10-20-41(45)43-32-48-44(31-47(43)49)42-21-11-13-23-46(42)50(48)40-29-37(34-16-6-2-7-17-34)28-38(30-40)35-18-8-3-9-19-35;1-4-14-28(15-5-1)30-24-36(29-16-6-2-7-17-29)42-41(25-30)44-38-23-13-11-21-33(38)35-26-39-34(27-40(35)44)32-20-10-12-22-37(32)43(39)31-18-8-3-9-19-31/h1-36H;1-32H;1-27H. The van der Waals surface area contributed by atoms with E-state index in [4.69, 9.17) is 4.98 Å². The van der Waals surface area contributed by atoms with E-state index in [0.717, 1.165) is 62.1 Å². The predicted octanol–water partition coefficient (Wildman–Crippen LogP) is 38.0. The van der Waals surface area contributed by atoms with Gasteiger partial charge in [0.1, 0.15) is 5.82 Å². The summed E-state index contributed by atoms with van der Waals surface area (Å²) in [5.74, 6) is 0.905. The van der Waals surface area contributed by atoms with Gasteiger partial charge in [0.15, 0.2) is 0 Å². The number of rotatable bonds is 15. The van der Waals surface area contributed by atoms with Gasteiger partial charge >= 0.3 is 0 Å². The van der Waals surface area contributed by atoms with Gasteiger partial charge in [0.25, 0.3) is 0 Å². The second-order valence-corrected chi connectivity index (χ2v) is 38.9. The van der Waals surface area contributed by atoms with Gasteiger partial charge in [-0.05, 0) is 253 Å². The lowest BCUT2D eigenvalue weighted by molar-refractivity contribution is 1.08. The van der Waals surface area contributed by atoms with E-state index < -0.39 is 0 Å². The Morgan fingerprint density at radius 1 is 0.100 bits per heavy atom. The van der Waals surface area contributed by atoms with Crippen molar-refractivity contribution < 1.29 is 0 Å². The summed E-state index contributed by atoms with van der Waals surface area (Å²) in [6.45, 7) is 0. The van der Waals surface area contributed by atoms with Crippen LogP contribution in [0.15, 0.2) is 576 Å². The third-order valence-corrected chi connectivity index (χ3v) is 30.0. The summed E-state index contributed by atoms with van der Waals surface area (Å²) >= 11 is 0. The fourth-order valence-electron chi connectivity index (χ4n) is 23.1. The van der Waals surface area contributed by atoms with Gasteiger partial charge in [-0.25, -0.2) is 4.98 Å². The molecule has 0 aliphatic rings. The summed E-state index contributed by atoms with van der Waals surface area (Å²) in [4.78, 5) is 5.32. The highest BCUT2D eigenvalue weighted by molar-refractivity contribution is 6.23. The molecule has 0 bridgehead atoms. The first-order chi connectivity index (χ1) is 74.4. The van der Waals surface area contributed by atoms with Gasteiger partial charge in [-0.1, -0.05) is 413 Å². The van der Waals surface area contributed by atoms with Crippen LogP contribution in [-0.2, 0) is 0 Å². The highest BCUT2D eigenvalue weighted by atomic mass is 15.1. The molecule has 7 nitrogen and oxygen atoms in total. The summed E-state index contributed by atoms with van der Waals surface area (Å²) in [6.07, 6.45) is 0. The quantitative estimate of drug-likeness (QED) is 0.101. The molecule has 0 spiro atoms. The fraction of sp³-hybridized carbons (Fsp3) is 0. The van der Waals surface area contributed by atoms with Gasteiger partial charge in [-0.2, -0.15) is 0 Å². The van der Waals surface area contributed by atoms with Crippen molar-refractivity contribution in [1.29, 1.82) is 0 Å². The minimum absolute atomic E-state index is 0.905. The van der Waals surface area contributed by atoms with E-state index in [2.05, 4.69) is 604 Å². The maximum absolute atomic E-state index is 5.32. The topological polar surface area (TPSA) is 42.5 Å². The molecule has 0 amide bonds. The van der Waals surface area contributed by atoms with Gasteiger partial charge < -0.3 is 22.8 Å². The Morgan fingerprint density at radius 2 is 0.280 bits per heavy atom. The van der Waals surface area contributed by atoms with E-state index >= 15 is 0 Å². The first-order valence-electron chi connectivity index (χ1n) is 51.4. The zero-order chi connectivity index (χ0) is 99.1. The van der Waals surface area contributed by atoms with Crippen molar-refractivity contribution in [2.75, 3.05) is 0 Å². The molecule has 0 atom stereocenters. The Labute approximate surface area is 867 Å². The van der Waals surface area contributed by atoms with Crippen molar-refractivity contribution in [2.45, 2.75) is 0 Å². The monoisotopic (exact) mass is 1910 g/mol. The second-order valence-electron chi connectivity index (χ2n) is 38.9. The average Bonchev–Trinajstić information content (AvgIpc) is 1.56. The van der Waals surface area contributed by atoms with E-state index in [9.17, 15) is 0 Å². The van der Waals surface area contributed by atoms with Crippen LogP contribution in [0.1, 0.15) is 0 Å². The zero-order valence-corrected chi connectivity index (χ0v) is 82.0. The summed E-state index contributed by atoms with van der Waals surface area (Å²) in [5.41, 5.74) is 41.2. The van der Waals surface area contributed by atoms with Crippen molar-refractivity contribution in [1.82, 2.24) is 32.4 Å². The maximum atomic E-state index is 5.32. The van der Waals surface area contributed by atoms with Gasteiger partial charge in [0.05, 0.1) is 71.9 Å². The van der Waals surface area contributed by atoms with Crippen LogP contribution in [0.5, 0.6) is 0 Å². The largest absolute Gasteiger partial charge is 0.309 e. The van der Waals surface area contributed by atoms with Gasteiger partial charge in [0, 0.05) is 98.6 Å². The van der Waals surface area contributed by atoms with Crippen LogP contribution in [0.25, 0.3) is 265 Å². The number of benzene rings is 23. The number of nitrogens with zero attached hydrogens (tertiary/aromatic N) is 7. The number of para-hydroxylation sites is 7. The van der Waals surface area contributed by atoms with Gasteiger partial charge in [0.2, 0.25) is 0 Å². The molecule has 0 saturated carbocycles. The molecular formula is C143H95N7. The molecule has 30 aromatic rings. The summed E-state index contributed by atoms with van der Waals surface area (Å²) in [5, 5.41) is 14.8. The Kier molecular flexibility index (Phi) is 21.8. The second kappa shape index (κ2) is 37.3. The SMILES string of the molecule is c1ccc(-c2cc(-c3ccccc3)cc(-n3c4ccccc4c4cc5c(cc43)c3ccccc3n5-c3cc(-c4ccccc4)cc(-c4ccccc4)c3)c2)cc1.c1ccc(-c2cc(-c3ccccc3)nc(-n3c4ccccc4c4cc5c(cc43)c3ccccc3n5-c3ccccc3)c2)cc1.c1ccc(-c2ccc(-n3c4ccccc4c4cc5c(cc43)c3ccccc3n5-c3cc(-c4ccccc4)cc(-c4ccccc4)c3)cc2)cc1. The third-order valence-electron chi connectivity index (χ3n) is 30.0. The van der Waals surface area contributed by atoms with E-state index in [0.29, 0.717) is 0 Å². The van der Waals surface area contributed by atoms with Crippen molar-refractivity contribution in [2.24, 2.45) is 0 Å². The minimum Gasteiger partial charge on any atom is -0.309 e. The molecule has 0 unspecified atom stereocenters. The number of fused-ring (bicyclic) bond motifs is 18. The van der Waals surface area contributed by atoms with Crippen LogP contribution in [0, 0.1) is 0 Å². The molecule has 0 radical (unpaired) electrons. The summed E-state index contributed by atoms with van der Waals surface area (Å²) in [6, 6.07) is 208. The smallest absolute Gasteiger partial charge is 0.138 e. The lowest BCUT2D eigenvalue weighted by Gasteiger charge is -2.15. The predicted molar refractivity (Wildman–Crippen MR) is 632 cm³/mol. The third kappa shape index (κ3) is 15.6. The van der Waals surface area contributed by atoms with Gasteiger partial charge in [-0.3, -0.25) is 4.57 Å². The first-order valence-corrected chi connectivity index (χ1v) is 51.4. The normalized spacial score (nSPS) is 11.6. The number of pyridine rings is 1. The lowest BCUT2D eigenvalue weighted by Crippen LogP contribution is -2.00. The van der Waals surface area contributed by atoms with Crippen molar-refractivity contribution in [3.05, 3.63) is 576 Å². The molecule has 0 saturated heterocycles. The van der Waals surface area contributed by atoms with Crippen LogP contribution in [0.3, 0.4) is 0 Å². The summed E-state index contributed by atoms with van der Waals surface area (Å²) in [7, 11) is 0. The van der Waals surface area contributed by atoms with Crippen LogP contribution >= 0.6 is 0 Å². The Morgan fingerprint density at radius 3 is 0.533 bits per heavy atom. The van der Waals surface area contributed by atoms with E-state index in [1.54, 1.807) is 0 Å². The first kappa shape index (κ1) is 87.8. The van der Waals surface area contributed by atoms with Crippen molar-refractivity contribution in [3.63, 3.8) is 0 Å². The Bertz CT molecular complexity index is 9940. The molecular weight excluding hydrogens is 1820 g/mol. The molecule has 702 valence electrons. The van der Waals surface area contributed by atoms with E-state index in [1.807, 2.05) is 0 Å². The van der Waals surface area contributed by atoms with E-state index in [-0.39, 0.29) is 0 Å². The van der Waals surface area contributed by atoms with Crippen LogP contribution in [0.4, 0.5) is 0 Å². The van der Waals surface area contributed by atoms with Crippen LogP contribution in [0.2, 0.25) is 0 Å². The van der Waals surface area contributed by atoms with E-state index in [1.165, 1.54) is 203 Å². The molecule has 0 N–H and O–H groups in total.